The molecule has 0 radical (unpaired) electrons. The first-order valence-corrected chi connectivity index (χ1v) is 7.27. The van der Waals surface area contributed by atoms with Gasteiger partial charge in [-0.25, -0.2) is 9.97 Å². The highest BCUT2D eigenvalue weighted by Crippen LogP contribution is 2.14. The molecule has 1 N–H and O–H groups in total. The first-order valence-electron chi connectivity index (χ1n) is 7.27. The summed E-state index contributed by atoms with van der Waals surface area (Å²) in [5.41, 5.74) is 4.68. The van der Waals surface area contributed by atoms with Gasteiger partial charge in [0.2, 0.25) is 0 Å². The molecule has 0 bridgehead atoms. The number of methoxy groups -OCH3 is 1. The van der Waals surface area contributed by atoms with E-state index in [4.69, 9.17) is 4.74 Å². The summed E-state index contributed by atoms with van der Waals surface area (Å²) in [7, 11) is 1.68. The van der Waals surface area contributed by atoms with E-state index in [0.29, 0.717) is 6.61 Å². The number of hydrogen-bond acceptors (Lipinski definition) is 4. The smallest absolute Gasteiger partial charge is 0.135 e. The van der Waals surface area contributed by atoms with Crippen molar-refractivity contribution in [3.63, 3.8) is 0 Å². The lowest BCUT2D eigenvalue weighted by Gasteiger charge is -2.09. The SMILES string of the molecule is CCNc1cc(COC)nc(Cc2cc(C)cc(C)c2)n1. The van der Waals surface area contributed by atoms with Crippen LogP contribution in [0.3, 0.4) is 0 Å². The van der Waals surface area contributed by atoms with Gasteiger partial charge in [-0.3, -0.25) is 0 Å². The number of ether oxygens (including phenoxy) is 1. The summed E-state index contributed by atoms with van der Waals surface area (Å²) in [6, 6.07) is 8.49. The lowest BCUT2D eigenvalue weighted by Crippen LogP contribution is -2.07. The van der Waals surface area contributed by atoms with Crippen LogP contribution in [0.5, 0.6) is 0 Å². The normalized spacial score (nSPS) is 10.7. The molecule has 0 fully saturated rings. The molecule has 0 aliphatic heterocycles. The molecule has 0 aliphatic rings. The van der Waals surface area contributed by atoms with E-state index in [1.807, 2.05) is 6.07 Å². The number of nitrogens with zero attached hydrogens (tertiary/aromatic N) is 2. The maximum Gasteiger partial charge on any atom is 0.135 e. The molecule has 0 saturated carbocycles. The second-order valence-electron chi connectivity index (χ2n) is 5.30. The van der Waals surface area contributed by atoms with Gasteiger partial charge >= 0.3 is 0 Å². The molecule has 0 unspecified atom stereocenters. The Kier molecular flexibility index (Phi) is 5.28. The van der Waals surface area contributed by atoms with Crippen LogP contribution in [0.2, 0.25) is 0 Å². The van der Waals surface area contributed by atoms with Gasteiger partial charge in [-0.05, 0) is 26.3 Å². The topological polar surface area (TPSA) is 47.0 Å². The van der Waals surface area contributed by atoms with Gasteiger partial charge in [0.05, 0.1) is 12.3 Å². The van der Waals surface area contributed by atoms with Crippen molar-refractivity contribution in [2.24, 2.45) is 0 Å². The summed E-state index contributed by atoms with van der Waals surface area (Å²) in [4.78, 5) is 9.17. The minimum atomic E-state index is 0.501. The van der Waals surface area contributed by atoms with Gasteiger partial charge in [0.1, 0.15) is 11.6 Å². The van der Waals surface area contributed by atoms with Gasteiger partial charge in [-0.1, -0.05) is 29.3 Å². The van der Waals surface area contributed by atoms with Crippen LogP contribution in [0, 0.1) is 13.8 Å². The highest BCUT2D eigenvalue weighted by molar-refractivity contribution is 5.37. The average Bonchev–Trinajstić information content (AvgIpc) is 2.37. The summed E-state index contributed by atoms with van der Waals surface area (Å²) in [5, 5.41) is 3.25. The van der Waals surface area contributed by atoms with E-state index in [1.54, 1.807) is 7.11 Å². The second-order valence-corrected chi connectivity index (χ2v) is 5.30. The molecule has 2 aromatic rings. The quantitative estimate of drug-likeness (QED) is 0.885. The number of aromatic nitrogens is 2. The predicted octanol–water partition coefficient (Wildman–Crippen LogP) is 3.26. The molecule has 0 atom stereocenters. The Hall–Kier alpha value is -1.94. The first kappa shape index (κ1) is 15.4. The van der Waals surface area contributed by atoms with Crippen LogP contribution in [-0.2, 0) is 17.8 Å². The van der Waals surface area contributed by atoms with E-state index >= 15 is 0 Å². The Bertz CT molecular complexity index is 566. The minimum Gasteiger partial charge on any atom is -0.378 e. The first-order chi connectivity index (χ1) is 10.1. The van der Waals surface area contributed by atoms with Gasteiger partial charge in [0, 0.05) is 26.1 Å². The zero-order valence-corrected chi connectivity index (χ0v) is 13.2. The maximum absolute atomic E-state index is 5.19. The van der Waals surface area contributed by atoms with Gasteiger partial charge in [-0.2, -0.15) is 0 Å². The van der Waals surface area contributed by atoms with E-state index < -0.39 is 0 Å². The standard InChI is InChI=1S/C17H23N3O/c1-5-18-16-10-15(11-21-4)19-17(20-16)9-14-7-12(2)6-13(3)8-14/h6-8,10H,5,9,11H2,1-4H3,(H,18,19,20). The third kappa shape index (κ3) is 4.53. The van der Waals surface area contributed by atoms with Crippen molar-refractivity contribution in [1.29, 1.82) is 0 Å². The molecule has 0 saturated heterocycles. The largest absolute Gasteiger partial charge is 0.378 e. The summed E-state index contributed by atoms with van der Waals surface area (Å²) >= 11 is 0. The highest BCUT2D eigenvalue weighted by atomic mass is 16.5. The second kappa shape index (κ2) is 7.18. The third-order valence-corrected chi connectivity index (χ3v) is 3.12. The average molecular weight is 285 g/mol. The summed E-state index contributed by atoms with van der Waals surface area (Å²) in [6.07, 6.45) is 0.735. The van der Waals surface area contributed by atoms with Crippen LogP contribution < -0.4 is 5.32 Å². The Balaban J connectivity index is 2.28. The number of rotatable bonds is 6. The number of aryl methyl sites for hydroxylation is 2. The molecular weight excluding hydrogens is 262 g/mol. The van der Waals surface area contributed by atoms with Crippen molar-refractivity contribution in [3.05, 3.63) is 52.5 Å². The summed E-state index contributed by atoms with van der Waals surface area (Å²) in [5.74, 6) is 1.68. The molecule has 4 heteroatoms. The Morgan fingerprint density at radius 3 is 2.38 bits per heavy atom. The molecule has 0 aliphatic carbocycles. The lowest BCUT2D eigenvalue weighted by molar-refractivity contribution is 0.181. The zero-order chi connectivity index (χ0) is 15.2. The fourth-order valence-corrected chi connectivity index (χ4v) is 2.48. The van der Waals surface area contributed by atoms with Gasteiger partial charge in [0.15, 0.2) is 0 Å². The van der Waals surface area contributed by atoms with Crippen molar-refractivity contribution in [3.8, 4) is 0 Å². The molecule has 1 aromatic heterocycles. The molecule has 1 aromatic carbocycles. The molecule has 4 nitrogen and oxygen atoms in total. The van der Waals surface area contributed by atoms with Gasteiger partial charge < -0.3 is 10.1 Å². The third-order valence-electron chi connectivity index (χ3n) is 3.12. The van der Waals surface area contributed by atoms with Crippen LogP contribution in [0.1, 0.15) is 35.1 Å². The summed E-state index contributed by atoms with van der Waals surface area (Å²) in [6.45, 7) is 7.63. The molecule has 1 heterocycles. The summed E-state index contributed by atoms with van der Waals surface area (Å²) < 4.78 is 5.19. The number of anilines is 1. The number of nitrogens with one attached hydrogen (secondary N) is 1. The van der Waals surface area contributed by atoms with Gasteiger partial charge in [-0.15, -0.1) is 0 Å². The lowest BCUT2D eigenvalue weighted by atomic mass is 10.0. The Labute approximate surface area is 126 Å². The van der Waals surface area contributed by atoms with Crippen molar-refractivity contribution in [1.82, 2.24) is 9.97 Å². The zero-order valence-electron chi connectivity index (χ0n) is 13.2. The van der Waals surface area contributed by atoms with E-state index in [0.717, 1.165) is 30.3 Å². The highest BCUT2D eigenvalue weighted by Gasteiger charge is 2.06. The monoisotopic (exact) mass is 285 g/mol. The van der Waals surface area contributed by atoms with E-state index in [9.17, 15) is 0 Å². The minimum absolute atomic E-state index is 0.501. The van der Waals surface area contributed by atoms with Crippen LogP contribution in [0.25, 0.3) is 0 Å². The Morgan fingerprint density at radius 2 is 1.76 bits per heavy atom. The van der Waals surface area contributed by atoms with Crippen molar-refractivity contribution in [2.75, 3.05) is 19.0 Å². The predicted molar refractivity (Wildman–Crippen MR) is 85.6 cm³/mol. The van der Waals surface area contributed by atoms with E-state index in [2.05, 4.69) is 54.3 Å². The van der Waals surface area contributed by atoms with Crippen LogP contribution >= 0.6 is 0 Å². The van der Waals surface area contributed by atoms with Crippen molar-refractivity contribution in [2.45, 2.75) is 33.8 Å². The molecule has 21 heavy (non-hydrogen) atoms. The fraction of sp³-hybridized carbons (Fsp3) is 0.412. The number of hydrogen-bond donors (Lipinski definition) is 1. The van der Waals surface area contributed by atoms with Crippen LogP contribution in [-0.4, -0.2) is 23.6 Å². The van der Waals surface area contributed by atoms with Crippen LogP contribution in [0.4, 0.5) is 5.82 Å². The molecule has 2 rings (SSSR count). The molecule has 0 spiro atoms. The number of benzene rings is 1. The van der Waals surface area contributed by atoms with Gasteiger partial charge in [0.25, 0.3) is 0 Å². The molecular formula is C17H23N3O. The van der Waals surface area contributed by atoms with E-state index in [1.165, 1.54) is 16.7 Å². The van der Waals surface area contributed by atoms with Crippen molar-refractivity contribution < 1.29 is 4.74 Å². The van der Waals surface area contributed by atoms with Crippen molar-refractivity contribution >= 4 is 5.82 Å². The molecule has 0 amide bonds. The fourth-order valence-electron chi connectivity index (χ4n) is 2.48. The maximum atomic E-state index is 5.19. The molecule has 112 valence electrons. The van der Waals surface area contributed by atoms with E-state index in [-0.39, 0.29) is 0 Å². The Morgan fingerprint density at radius 1 is 1.05 bits per heavy atom. The van der Waals surface area contributed by atoms with Crippen LogP contribution in [0.15, 0.2) is 24.3 Å².